The summed E-state index contributed by atoms with van der Waals surface area (Å²) in [6.45, 7) is 10.8. The molecule has 2 amide bonds. The van der Waals surface area contributed by atoms with Crippen molar-refractivity contribution in [1.29, 1.82) is 0 Å². The molecule has 3 aromatic carbocycles. The van der Waals surface area contributed by atoms with Gasteiger partial charge in [-0.1, -0.05) is 67.6 Å². The summed E-state index contributed by atoms with van der Waals surface area (Å²) in [5.74, 6) is 0.427. The highest BCUT2D eigenvalue weighted by Gasteiger charge is 2.38. The van der Waals surface area contributed by atoms with E-state index < -0.39 is 35.7 Å². The zero-order valence-electron chi connectivity index (χ0n) is 29.0. The van der Waals surface area contributed by atoms with Crippen molar-refractivity contribution in [3.63, 3.8) is 0 Å². The average Bonchev–Trinajstić information content (AvgIpc) is 3.67. The predicted molar refractivity (Wildman–Crippen MR) is 187 cm³/mol. The van der Waals surface area contributed by atoms with Gasteiger partial charge < -0.3 is 30.3 Å². The molecule has 4 N–H and O–H groups in total. The number of aliphatic hydroxyl groups is 2. The molecule has 2 heterocycles. The van der Waals surface area contributed by atoms with Crippen LogP contribution in [0.3, 0.4) is 0 Å². The van der Waals surface area contributed by atoms with Gasteiger partial charge in [0.05, 0.1) is 18.2 Å². The molecule has 0 spiro atoms. The van der Waals surface area contributed by atoms with Gasteiger partial charge in [-0.05, 0) is 67.5 Å². The number of β-amino-alcohol motifs (C(OH)–C–C–N with tert-alkyl or cyclic N) is 1. The molecule has 1 fully saturated rings. The van der Waals surface area contributed by atoms with Crippen LogP contribution in [0.4, 0.5) is 0 Å². The Morgan fingerprint density at radius 1 is 0.980 bits per heavy atom. The molecule has 0 aromatic heterocycles. The minimum atomic E-state index is -0.868. The minimum Gasteiger partial charge on any atom is -0.454 e. The van der Waals surface area contributed by atoms with Crippen molar-refractivity contribution in [2.75, 3.05) is 33.0 Å². The maximum Gasteiger partial charge on any atom is 0.239 e. The van der Waals surface area contributed by atoms with Crippen molar-refractivity contribution >= 4 is 11.8 Å². The highest BCUT2D eigenvalue weighted by Crippen LogP contribution is 2.35. The van der Waals surface area contributed by atoms with Gasteiger partial charge in [0, 0.05) is 50.6 Å². The summed E-state index contributed by atoms with van der Waals surface area (Å²) in [4.78, 5) is 32.1. The Bertz CT molecular complexity index is 1610. The molecule has 262 valence electrons. The molecule has 1 unspecified atom stereocenters. The van der Waals surface area contributed by atoms with E-state index in [0.717, 1.165) is 33.8 Å². The summed E-state index contributed by atoms with van der Waals surface area (Å²) in [5.41, 5.74) is 3.62. The normalized spacial score (nSPS) is 22.6. The summed E-state index contributed by atoms with van der Waals surface area (Å²) in [6.07, 6.45) is -0.887. The van der Waals surface area contributed by atoms with E-state index in [9.17, 15) is 19.8 Å². The van der Waals surface area contributed by atoms with Gasteiger partial charge in [-0.15, -0.1) is 0 Å². The van der Waals surface area contributed by atoms with E-state index in [4.69, 9.17) is 9.47 Å². The van der Waals surface area contributed by atoms with E-state index in [0.29, 0.717) is 32.6 Å². The highest BCUT2D eigenvalue weighted by molar-refractivity contribution is 5.83. The summed E-state index contributed by atoms with van der Waals surface area (Å²) in [6, 6.07) is 22.6. The molecule has 0 saturated carbocycles. The molecule has 49 heavy (non-hydrogen) atoms. The number of rotatable bonds is 11. The van der Waals surface area contributed by atoms with Crippen LogP contribution in [-0.4, -0.2) is 88.6 Å². The van der Waals surface area contributed by atoms with Crippen LogP contribution < -0.4 is 20.1 Å². The van der Waals surface area contributed by atoms with Gasteiger partial charge in [-0.3, -0.25) is 19.4 Å². The van der Waals surface area contributed by atoms with Gasteiger partial charge in [0.15, 0.2) is 11.5 Å². The Hall–Kier alpha value is -3.96. The summed E-state index contributed by atoms with van der Waals surface area (Å²) in [5, 5.41) is 28.8. The van der Waals surface area contributed by atoms with Crippen molar-refractivity contribution in [2.24, 2.45) is 5.92 Å². The molecule has 6 rings (SSSR count). The third-order valence-electron chi connectivity index (χ3n) is 9.96. The third kappa shape index (κ3) is 8.44. The fourth-order valence-corrected chi connectivity index (χ4v) is 7.41. The second-order valence-electron chi connectivity index (χ2n) is 14.8. The number of benzene rings is 3. The maximum absolute atomic E-state index is 14.1. The second-order valence-corrected chi connectivity index (χ2v) is 14.8. The topological polar surface area (TPSA) is 124 Å². The zero-order valence-corrected chi connectivity index (χ0v) is 29.0. The van der Waals surface area contributed by atoms with Gasteiger partial charge in [-0.25, -0.2) is 0 Å². The van der Waals surface area contributed by atoms with Crippen molar-refractivity contribution in [3.05, 3.63) is 95.1 Å². The van der Waals surface area contributed by atoms with Crippen molar-refractivity contribution in [2.45, 2.75) is 82.8 Å². The molecular weight excluding hydrogens is 620 g/mol. The summed E-state index contributed by atoms with van der Waals surface area (Å²) >= 11 is 0. The van der Waals surface area contributed by atoms with Gasteiger partial charge in [0.25, 0.3) is 0 Å². The zero-order chi connectivity index (χ0) is 34.7. The Morgan fingerprint density at radius 3 is 2.49 bits per heavy atom. The predicted octanol–water partition coefficient (Wildman–Crippen LogP) is 3.76. The van der Waals surface area contributed by atoms with Gasteiger partial charge in [0.2, 0.25) is 18.6 Å². The number of amides is 2. The Balaban J connectivity index is 1.17. The largest absolute Gasteiger partial charge is 0.454 e. The number of hydrogen-bond donors (Lipinski definition) is 4. The number of fused-ring (bicyclic) bond motifs is 2. The maximum atomic E-state index is 14.1. The molecule has 1 saturated heterocycles. The molecule has 3 aromatic rings. The molecular formula is C39H50N4O6. The number of carbonyl (C=O) groups is 2. The van der Waals surface area contributed by atoms with Gasteiger partial charge in [0.1, 0.15) is 6.04 Å². The number of nitrogens with zero attached hydrogens (tertiary/aromatic N) is 2. The summed E-state index contributed by atoms with van der Waals surface area (Å²) in [7, 11) is 0. The van der Waals surface area contributed by atoms with E-state index in [1.54, 1.807) is 0 Å². The lowest BCUT2D eigenvalue weighted by Gasteiger charge is -2.42. The lowest BCUT2D eigenvalue weighted by molar-refractivity contribution is -0.132. The number of piperazine rings is 1. The van der Waals surface area contributed by atoms with Crippen LogP contribution in [0.25, 0.3) is 0 Å². The standard InChI is InChI=1S/C39H50N4O6/c1-25(27-10-6-5-7-11-27)31(37(46)40-36-30-13-9-8-12-28(30)19-33(36)45)20-29(44)22-43-17-16-42(23-32(43)38(47)41-39(2,3)4)21-26-14-15-34-35(18-26)49-24-48-34/h5-15,18,25,29,31-33,36,44-45H,16-17,19-24H2,1-4H3,(H,40,46)(H,41,47)/t25?,29-,31+,32-,33+,36-/m0/s1. The molecule has 1 aliphatic carbocycles. The first-order valence-corrected chi connectivity index (χ1v) is 17.4. The van der Waals surface area contributed by atoms with E-state index in [1.165, 1.54) is 0 Å². The average molecular weight is 671 g/mol. The number of carbonyl (C=O) groups excluding carboxylic acids is 2. The van der Waals surface area contributed by atoms with E-state index in [-0.39, 0.29) is 37.5 Å². The van der Waals surface area contributed by atoms with Crippen molar-refractivity contribution < 1.29 is 29.3 Å². The molecule has 10 nitrogen and oxygen atoms in total. The number of ether oxygens (including phenoxy) is 2. The monoisotopic (exact) mass is 670 g/mol. The van der Waals surface area contributed by atoms with Crippen LogP contribution in [0.15, 0.2) is 72.8 Å². The van der Waals surface area contributed by atoms with Gasteiger partial charge >= 0.3 is 0 Å². The Kier molecular flexibility index (Phi) is 10.6. The fraction of sp³-hybridized carbons (Fsp3) is 0.487. The number of aliphatic hydroxyl groups excluding tert-OH is 2. The second kappa shape index (κ2) is 14.9. The van der Waals surface area contributed by atoms with E-state index >= 15 is 0 Å². The van der Waals surface area contributed by atoms with Crippen molar-refractivity contribution in [1.82, 2.24) is 20.4 Å². The lowest BCUT2D eigenvalue weighted by Crippen LogP contribution is -2.62. The molecule has 3 aliphatic rings. The quantitative estimate of drug-likeness (QED) is 0.243. The molecule has 0 radical (unpaired) electrons. The lowest BCUT2D eigenvalue weighted by atomic mass is 9.82. The fourth-order valence-electron chi connectivity index (χ4n) is 7.41. The van der Waals surface area contributed by atoms with Crippen LogP contribution in [0.5, 0.6) is 11.5 Å². The van der Waals surface area contributed by atoms with Crippen LogP contribution in [-0.2, 0) is 22.6 Å². The minimum absolute atomic E-state index is 0.0871. The SMILES string of the molecule is CC(c1ccccc1)[C@@H](C[C@H](O)CN1CCN(Cc2ccc3c(c2)OCO3)C[C@H]1C(=O)NC(C)(C)C)C(=O)N[C@H]1c2ccccc2C[C@H]1O. The summed E-state index contributed by atoms with van der Waals surface area (Å²) < 4.78 is 11.0. The third-order valence-corrected chi connectivity index (χ3v) is 9.96. The first-order chi connectivity index (χ1) is 23.4. The van der Waals surface area contributed by atoms with Crippen molar-refractivity contribution in [3.8, 4) is 11.5 Å². The van der Waals surface area contributed by atoms with Gasteiger partial charge in [-0.2, -0.15) is 0 Å². The number of nitrogens with one attached hydrogen (secondary N) is 2. The molecule has 2 aliphatic heterocycles. The molecule has 6 atom stereocenters. The van der Waals surface area contributed by atoms with Crippen LogP contribution in [0.2, 0.25) is 0 Å². The molecule has 0 bridgehead atoms. The Morgan fingerprint density at radius 2 is 1.71 bits per heavy atom. The first kappa shape index (κ1) is 34.9. The first-order valence-electron chi connectivity index (χ1n) is 17.4. The smallest absolute Gasteiger partial charge is 0.239 e. The molecule has 10 heteroatoms. The highest BCUT2D eigenvalue weighted by atomic mass is 16.7. The Labute approximate surface area is 289 Å². The van der Waals surface area contributed by atoms with Crippen LogP contribution in [0.1, 0.15) is 68.3 Å². The van der Waals surface area contributed by atoms with E-state index in [1.807, 2.05) is 100 Å². The van der Waals surface area contributed by atoms with E-state index in [2.05, 4.69) is 20.4 Å². The van der Waals surface area contributed by atoms with Crippen LogP contribution in [0, 0.1) is 5.92 Å². The number of hydrogen-bond acceptors (Lipinski definition) is 8. The van der Waals surface area contributed by atoms with Crippen LogP contribution >= 0.6 is 0 Å².